The third-order valence-electron chi connectivity index (χ3n) is 2.91. The summed E-state index contributed by atoms with van der Waals surface area (Å²) in [6.45, 7) is 3.77. The molecule has 2 aromatic rings. The summed E-state index contributed by atoms with van der Waals surface area (Å²) >= 11 is 0. The maximum Gasteiger partial charge on any atom is 0.339 e. The number of rotatable bonds is 2. The second-order valence-electron chi connectivity index (χ2n) is 4.01. The van der Waals surface area contributed by atoms with E-state index < -0.39 is 5.97 Å². The Kier molecular flexibility index (Phi) is 2.49. The molecule has 0 aliphatic rings. The largest absolute Gasteiger partial charge is 0.478 e. The molecule has 6 nitrogen and oxygen atoms in total. The molecule has 0 amide bonds. The Hall–Kier alpha value is -2.11. The summed E-state index contributed by atoms with van der Waals surface area (Å²) in [6.07, 6.45) is 1.36. The van der Waals surface area contributed by atoms with Crippen molar-refractivity contribution in [2.45, 2.75) is 13.8 Å². The molecule has 2 rings (SSSR count). The summed E-state index contributed by atoms with van der Waals surface area (Å²) in [7, 11) is 3.57. The highest BCUT2D eigenvalue weighted by molar-refractivity contribution is 5.95. The summed E-state index contributed by atoms with van der Waals surface area (Å²) in [5, 5.41) is 17.4. The number of hydrogen-bond donors (Lipinski definition) is 1. The first kappa shape index (κ1) is 11.4. The number of aromatic carboxylic acids is 1. The van der Waals surface area contributed by atoms with Crippen molar-refractivity contribution in [3.8, 4) is 11.3 Å². The van der Waals surface area contributed by atoms with Gasteiger partial charge in [0.05, 0.1) is 17.6 Å². The Morgan fingerprint density at radius 2 is 1.94 bits per heavy atom. The van der Waals surface area contributed by atoms with Crippen LogP contribution in [0.2, 0.25) is 0 Å². The number of nitrogens with zero attached hydrogens (tertiary/aromatic N) is 4. The molecule has 17 heavy (non-hydrogen) atoms. The van der Waals surface area contributed by atoms with Gasteiger partial charge >= 0.3 is 5.97 Å². The van der Waals surface area contributed by atoms with Crippen LogP contribution in [-0.4, -0.2) is 30.6 Å². The van der Waals surface area contributed by atoms with E-state index in [1.165, 1.54) is 6.20 Å². The van der Waals surface area contributed by atoms with Crippen molar-refractivity contribution in [1.29, 1.82) is 0 Å². The number of aryl methyl sites for hydroxylation is 3. The van der Waals surface area contributed by atoms with Crippen molar-refractivity contribution in [2.24, 2.45) is 14.1 Å². The SMILES string of the molecule is Cc1nn(C)c(C)c1-c1c(C(=O)O)cnn1C. The molecule has 0 aromatic carbocycles. The van der Waals surface area contributed by atoms with E-state index in [0.717, 1.165) is 17.0 Å². The Balaban J connectivity index is 2.76. The number of carboxylic acids is 1. The third-order valence-corrected chi connectivity index (χ3v) is 2.91. The van der Waals surface area contributed by atoms with Crippen LogP contribution in [0.1, 0.15) is 21.7 Å². The summed E-state index contributed by atoms with van der Waals surface area (Å²) < 4.78 is 3.31. The minimum atomic E-state index is -0.976. The van der Waals surface area contributed by atoms with Crippen LogP contribution in [0.15, 0.2) is 6.20 Å². The average molecular weight is 234 g/mol. The fourth-order valence-electron chi connectivity index (χ4n) is 2.01. The smallest absolute Gasteiger partial charge is 0.339 e. The molecule has 2 aromatic heterocycles. The monoisotopic (exact) mass is 234 g/mol. The summed E-state index contributed by atoms with van der Waals surface area (Å²) in [5.41, 5.74) is 3.36. The second-order valence-corrected chi connectivity index (χ2v) is 4.01. The number of carbonyl (C=O) groups is 1. The Labute approximate surface area is 98.5 Å². The molecular formula is C11H14N4O2. The van der Waals surface area contributed by atoms with E-state index in [-0.39, 0.29) is 5.56 Å². The normalized spacial score (nSPS) is 10.8. The highest BCUT2D eigenvalue weighted by atomic mass is 16.4. The van der Waals surface area contributed by atoms with E-state index in [1.54, 1.807) is 16.4 Å². The lowest BCUT2D eigenvalue weighted by Crippen LogP contribution is -2.02. The summed E-state index contributed by atoms with van der Waals surface area (Å²) in [6, 6.07) is 0. The molecule has 0 fully saturated rings. The van der Waals surface area contributed by atoms with Crippen molar-refractivity contribution in [1.82, 2.24) is 19.6 Å². The van der Waals surface area contributed by atoms with Gasteiger partial charge in [0, 0.05) is 25.4 Å². The van der Waals surface area contributed by atoms with Gasteiger partial charge in [-0.3, -0.25) is 9.36 Å². The summed E-state index contributed by atoms with van der Waals surface area (Å²) in [4.78, 5) is 11.2. The highest BCUT2D eigenvalue weighted by Crippen LogP contribution is 2.29. The predicted molar refractivity (Wildman–Crippen MR) is 61.8 cm³/mol. The minimum absolute atomic E-state index is 0.201. The van der Waals surface area contributed by atoms with Crippen LogP contribution in [-0.2, 0) is 14.1 Å². The van der Waals surface area contributed by atoms with Crippen LogP contribution in [0.5, 0.6) is 0 Å². The summed E-state index contributed by atoms with van der Waals surface area (Å²) in [5.74, 6) is -0.976. The maximum absolute atomic E-state index is 11.2. The van der Waals surface area contributed by atoms with Crippen molar-refractivity contribution in [2.75, 3.05) is 0 Å². The van der Waals surface area contributed by atoms with E-state index >= 15 is 0 Å². The fourth-order valence-corrected chi connectivity index (χ4v) is 2.01. The molecule has 2 heterocycles. The molecule has 0 spiro atoms. The zero-order valence-corrected chi connectivity index (χ0v) is 10.2. The lowest BCUT2D eigenvalue weighted by atomic mass is 10.1. The van der Waals surface area contributed by atoms with Gasteiger partial charge in [0.2, 0.25) is 0 Å². The van der Waals surface area contributed by atoms with Crippen LogP contribution in [0, 0.1) is 13.8 Å². The maximum atomic E-state index is 11.2. The quantitative estimate of drug-likeness (QED) is 0.845. The first-order valence-corrected chi connectivity index (χ1v) is 5.19. The van der Waals surface area contributed by atoms with Gasteiger partial charge in [0.25, 0.3) is 0 Å². The van der Waals surface area contributed by atoms with Gasteiger partial charge in [-0.1, -0.05) is 0 Å². The zero-order valence-electron chi connectivity index (χ0n) is 10.2. The average Bonchev–Trinajstić information content (AvgIpc) is 2.70. The first-order chi connectivity index (χ1) is 7.93. The van der Waals surface area contributed by atoms with E-state index in [9.17, 15) is 4.79 Å². The predicted octanol–water partition coefficient (Wildman–Crippen LogP) is 1.14. The lowest BCUT2D eigenvalue weighted by Gasteiger charge is -2.04. The topological polar surface area (TPSA) is 72.9 Å². The van der Waals surface area contributed by atoms with Crippen LogP contribution in [0.25, 0.3) is 11.3 Å². The van der Waals surface area contributed by atoms with Crippen molar-refractivity contribution < 1.29 is 9.90 Å². The van der Waals surface area contributed by atoms with E-state index in [4.69, 9.17) is 5.11 Å². The molecule has 0 aliphatic carbocycles. The minimum Gasteiger partial charge on any atom is -0.478 e. The Bertz CT molecular complexity index is 595. The van der Waals surface area contributed by atoms with Gasteiger partial charge in [-0.25, -0.2) is 4.79 Å². The Morgan fingerprint density at radius 1 is 1.29 bits per heavy atom. The number of carboxylic acid groups (broad SMARTS) is 1. The lowest BCUT2D eigenvalue weighted by molar-refractivity contribution is 0.0697. The molecule has 0 aliphatic heterocycles. The Morgan fingerprint density at radius 3 is 2.41 bits per heavy atom. The highest BCUT2D eigenvalue weighted by Gasteiger charge is 2.22. The standard InChI is InChI=1S/C11H14N4O2/c1-6-9(7(2)14(3)13-6)10-8(11(16)17)5-12-15(10)4/h5H,1-4H3,(H,16,17). The molecule has 0 atom stereocenters. The molecule has 0 unspecified atom stereocenters. The third kappa shape index (κ3) is 1.61. The van der Waals surface area contributed by atoms with Crippen molar-refractivity contribution in [3.63, 3.8) is 0 Å². The molecule has 6 heteroatoms. The van der Waals surface area contributed by atoms with Crippen molar-refractivity contribution in [3.05, 3.63) is 23.1 Å². The molecule has 90 valence electrons. The van der Waals surface area contributed by atoms with Gasteiger partial charge in [-0.15, -0.1) is 0 Å². The molecule has 0 saturated carbocycles. The van der Waals surface area contributed by atoms with Gasteiger partial charge in [0.15, 0.2) is 0 Å². The van der Waals surface area contributed by atoms with E-state index in [1.807, 2.05) is 20.9 Å². The van der Waals surface area contributed by atoms with E-state index in [0.29, 0.717) is 5.69 Å². The van der Waals surface area contributed by atoms with Crippen LogP contribution in [0.4, 0.5) is 0 Å². The van der Waals surface area contributed by atoms with Gasteiger partial charge in [0.1, 0.15) is 5.56 Å². The van der Waals surface area contributed by atoms with Gasteiger partial charge in [-0.05, 0) is 13.8 Å². The molecule has 0 radical (unpaired) electrons. The van der Waals surface area contributed by atoms with Gasteiger partial charge < -0.3 is 5.11 Å². The molecule has 0 saturated heterocycles. The zero-order chi connectivity index (χ0) is 12.7. The molecule has 0 bridgehead atoms. The van der Waals surface area contributed by atoms with E-state index in [2.05, 4.69) is 10.2 Å². The van der Waals surface area contributed by atoms with Crippen LogP contribution in [0.3, 0.4) is 0 Å². The van der Waals surface area contributed by atoms with Crippen LogP contribution >= 0.6 is 0 Å². The van der Waals surface area contributed by atoms with Gasteiger partial charge in [-0.2, -0.15) is 10.2 Å². The fraction of sp³-hybridized carbons (Fsp3) is 0.364. The number of hydrogen-bond acceptors (Lipinski definition) is 3. The second kappa shape index (κ2) is 3.73. The molecule has 1 N–H and O–H groups in total. The van der Waals surface area contributed by atoms with Crippen LogP contribution < -0.4 is 0 Å². The van der Waals surface area contributed by atoms with Crippen molar-refractivity contribution >= 4 is 5.97 Å². The molecular weight excluding hydrogens is 220 g/mol. The first-order valence-electron chi connectivity index (χ1n) is 5.19. The number of aromatic nitrogens is 4.